The Morgan fingerprint density at radius 1 is 1.12 bits per heavy atom. The molecule has 1 fully saturated rings. The zero-order valence-electron chi connectivity index (χ0n) is 15.0. The van der Waals surface area contributed by atoms with E-state index in [4.69, 9.17) is 9.97 Å². The lowest BCUT2D eigenvalue weighted by molar-refractivity contribution is 0.00960. The van der Waals surface area contributed by atoms with Gasteiger partial charge in [0.2, 0.25) is 0 Å². The van der Waals surface area contributed by atoms with Gasteiger partial charge in [0.15, 0.2) is 5.82 Å². The van der Waals surface area contributed by atoms with Crippen LogP contribution in [0.2, 0.25) is 0 Å². The fourth-order valence-corrected chi connectivity index (χ4v) is 3.71. The summed E-state index contributed by atoms with van der Waals surface area (Å²) in [6.07, 6.45) is 7.42. The molecule has 2 N–H and O–H groups in total. The van der Waals surface area contributed by atoms with Crippen molar-refractivity contribution in [3.8, 4) is 11.4 Å². The number of anilines is 1. The number of rotatable bonds is 4. The topological polar surface area (TPSA) is 70.9 Å². The first-order valence-corrected chi connectivity index (χ1v) is 9.25. The minimum Gasteiger partial charge on any atom is -0.392 e. The smallest absolute Gasteiger partial charge is 0.162 e. The van der Waals surface area contributed by atoms with Gasteiger partial charge in [-0.25, -0.2) is 9.97 Å². The molecule has 2 atom stereocenters. The zero-order valence-corrected chi connectivity index (χ0v) is 15.0. The monoisotopic (exact) mass is 348 g/mol. The van der Waals surface area contributed by atoms with E-state index >= 15 is 0 Å². The summed E-state index contributed by atoms with van der Waals surface area (Å²) in [6, 6.07) is 11.9. The fourth-order valence-electron chi connectivity index (χ4n) is 3.71. The van der Waals surface area contributed by atoms with E-state index < -0.39 is 0 Å². The summed E-state index contributed by atoms with van der Waals surface area (Å²) >= 11 is 0. The van der Waals surface area contributed by atoms with Gasteiger partial charge in [-0.05, 0) is 37.1 Å². The van der Waals surface area contributed by atoms with E-state index in [9.17, 15) is 5.11 Å². The number of pyridine rings is 1. The Kier molecular flexibility index (Phi) is 4.55. The average molecular weight is 348 g/mol. The number of nitrogens with zero attached hydrogens (tertiary/aromatic N) is 3. The molecule has 0 amide bonds. The van der Waals surface area contributed by atoms with Crippen LogP contribution >= 0.6 is 0 Å². The minimum absolute atomic E-state index is 0.124. The number of hydrogen-bond donors (Lipinski definition) is 2. The van der Waals surface area contributed by atoms with Gasteiger partial charge in [0.05, 0.1) is 11.6 Å². The van der Waals surface area contributed by atoms with Crippen molar-refractivity contribution in [2.45, 2.75) is 38.7 Å². The van der Waals surface area contributed by atoms with Crippen molar-refractivity contribution in [3.05, 3.63) is 48.8 Å². The molecular formula is C21H24N4O. The summed E-state index contributed by atoms with van der Waals surface area (Å²) in [6.45, 7) is 2.86. The molecule has 1 saturated carbocycles. The van der Waals surface area contributed by atoms with Gasteiger partial charge >= 0.3 is 0 Å². The summed E-state index contributed by atoms with van der Waals surface area (Å²) in [5, 5.41) is 15.0. The normalized spacial score (nSPS) is 23.1. The summed E-state index contributed by atoms with van der Waals surface area (Å²) in [4.78, 5) is 13.6. The van der Waals surface area contributed by atoms with E-state index in [-0.39, 0.29) is 11.5 Å². The van der Waals surface area contributed by atoms with E-state index in [0.717, 1.165) is 41.5 Å². The number of aliphatic hydroxyl groups excluding tert-OH is 1. The molecular weight excluding hydrogens is 324 g/mol. The van der Waals surface area contributed by atoms with E-state index in [1.54, 1.807) is 12.4 Å². The van der Waals surface area contributed by atoms with Crippen molar-refractivity contribution in [3.63, 3.8) is 0 Å². The van der Waals surface area contributed by atoms with Gasteiger partial charge in [-0.15, -0.1) is 0 Å². The van der Waals surface area contributed by atoms with Gasteiger partial charge in [0.25, 0.3) is 0 Å². The van der Waals surface area contributed by atoms with Crippen molar-refractivity contribution in [1.82, 2.24) is 15.0 Å². The van der Waals surface area contributed by atoms with Crippen LogP contribution in [0.3, 0.4) is 0 Å². The Hall–Kier alpha value is -2.53. The van der Waals surface area contributed by atoms with Crippen molar-refractivity contribution in [1.29, 1.82) is 0 Å². The van der Waals surface area contributed by atoms with Crippen molar-refractivity contribution < 1.29 is 5.11 Å². The second-order valence-electron chi connectivity index (χ2n) is 7.42. The zero-order chi connectivity index (χ0) is 18.0. The molecule has 5 heteroatoms. The van der Waals surface area contributed by atoms with Crippen LogP contribution in [0.15, 0.2) is 48.8 Å². The summed E-state index contributed by atoms with van der Waals surface area (Å²) in [5.74, 6) is 1.50. The average Bonchev–Trinajstić information content (AvgIpc) is 2.69. The number of benzene rings is 1. The molecule has 5 nitrogen and oxygen atoms in total. The van der Waals surface area contributed by atoms with Crippen LogP contribution in [0.1, 0.15) is 32.6 Å². The fraction of sp³-hybridized carbons (Fsp3) is 0.381. The lowest BCUT2D eigenvalue weighted by Gasteiger charge is -2.38. The van der Waals surface area contributed by atoms with Crippen LogP contribution in [-0.4, -0.2) is 32.7 Å². The highest BCUT2D eigenvalue weighted by molar-refractivity contribution is 5.90. The predicted octanol–water partition coefficient (Wildman–Crippen LogP) is 4.04. The quantitative estimate of drug-likeness (QED) is 0.744. The molecule has 0 saturated heterocycles. The molecule has 2 aromatic heterocycles. The number of aliphatic hydroxyl groups is 1. The Morgan fingerprint density at radius 3 is 2.73 bits per heavy atom. The highest BCUT2D eigenvalue weighted by Crippen LogP contribution is 2.36. The predicted molar refractivity (Wildman–Crippen MR) is 104 cm³/mol. The van der Waals surface area contributed by atoms with Crippen LogP contribution in [0.4, 0.5) is 5.82 Å². The Balaban J connectivity index is 1.69. The third-order valence-corrected chi connectivity index (χ3v) is 5.48. The first kappa shape index (κ1) is 16.9. The lowest BCUT2D eigenvalue weighted by Crippen LogP contribution is -2.41. The summed E-state index contributed by atoms with van der Waals surface area (Å²) in [5.41, 5.74) is 1.73. The molecule has 0 radical (unpaired) electrons. The molecule has 2 unspecified atom stereocenters. The van der Waals surface area contributed by atoms with Crippen LogP contribution in [-0.2, 0) is 0 Å². The van der Waals surface area contributed by atoms with E-state index in [0.29, 0.717) is 12.4 Å². The van der Waals surface area contributed by atoms with Gasteiger partial charge < -0.3 is 10.4 Å². The highest BCUT2D eigenvalue weighted by Gasteiger charge is 2.35. The van der Waals surface area contributed by atoms with E-state index in [1.807, 2.05) is 36.4 Å². The van der Waals surface area contributed by atoms with E-state index in [1.165, 1.54) is 6.42 Å². The second-order valence-corrected chi connectivity index (χ2v) is 7.42. The molecule has 0 aliphatic heterocycles. The SMILES string of the molecule is CC1(CNc2nc(-c3ccncc3)nc3ccccc23)CCCCC1O. The number of hydrogen-bond acceptors (Lipinski definition) is 5. The molecule has 4 rings (SSSR count). The maximum atomic E-state index is 10.5. The number of nitrogens with one attached hydrogen (secondary N) is 1. The van der Waals surface area contributed by atoms with Crippen molar-refractivity contribution in [2.24, 2.45) is 5.41 Å². The Morgan fingerprint density at radius 2 is 1.92 bits per heavy atom. The lowest BCUT2D eigenvalue weighted by atomic mass is 9.73. The molecule has 2 heterocycles. The van der Waals surface area contributed by atoms with Gasteiger partial charge in [-0.1, -0.05) is 31.9 Å². The van der Waals surface area contributed by atoms with Crippen molar-refractivity contribution >= 4 is 16.7 Å². The Bertz CT molecular complexity index is 899. The van der Waals surface area contributed by atoms with Crippen LogP contribution in [0.25, 0.3) is 22.3 Å². The molecule has 26 heavy (non-hydrogen) atoms. The standard InChI is InChI=1S/C21H24N4O/c1-21(11-5-4-8-18(21)26)14-23-20-16-6-2-3-7-17(16)24-19(25-20)15-9-12-22-13-10-15/h2-3,6-7,9-10,12-13,18,26H,4-5,8,11,14H2,1H3,(H,23,24,25). The molecule has 1 aromatic carbocycles. The maximum Gasteiger partial charge on any atom is 0.162 e. The first-order chi connectivity index (χ1) is 12.7. The van der Waals surface area contributed by atoms with Gasteiger partial charge in [0, 0.05) is 35.3 Å². The second kappa shape index (κ2) is 7.00. The van der Waals surface area contributed by atoms with Crippen LogP contribution < -0.4 is 5.32 Å². The van der Waals surface area contributed by atoms with Crippen LogP contribution in [0.5, 0.6) is 0 Å². The van der Waals surface area contributed by atoms with E-state index in [2.05, 4.69) is 17.2 Å². The molecule has 3 aromatic rings. The molecule has 0 spiro atoms. The molecule has 0 bridgehead atoms. The maximum absolute atomic E-state index is 10.5. The Labute approximate surface area is 153 Å². The summed E-state index contributed by atoms with van der Waals surface area (Å²) < 4.78 is 0. The molecule has 134 valence electrons. The minimum atomic E-state index is -0.267. The largest absolute Gasteiger partial charge is 0.392 e. The van der Waals surface area contributed by atoms with Gasteiger partial charge in [0.1, 0.15) is 5.82 Å². The third-order valence-electron chi connectivity index (χ3n) is 5.48. The molecule has 1 aliphatic carbocycles. The van der Waals surface area contributed by atoms with Crippen molar-refractivity contribution in [2.75, 3.05) is 11.9 Å². The van der Waals surface area contributed by atoms with Crippen LogP contribution in [0, 0.1) is 5.41 Å². The highest BCUT2D eigenvalue weighted by atomic mass is 16.3. The third kappa shape index (κ3) is 3.27. The summed E-state index contributed by atoms with van der Waals surface area (Å²) in [7, 11) is 0. The van der Waals surface area contributed by atoms with Gasteiger partial charge in [-0.3, -0.25) is 4.98 Å². The first-order valence-electron chi connectivity index (χ1n) is 9.25. The van der Waals surface area contributed by atoms with Gasteiger partial charge in [-0.2, -0.15) is 0 Å². The molecule has 1 aliphatic rings. The number of aromatic nitrogens is 3. The number of para-hydroxylation sites is 1. The number of fused-ring (bicyclic) bond motifs is 1.